The highest BCUT2D eigenvalue weighted by Gasteiger charge is 2.17. The maximum atomic E-state index is 11.7. The predicted octanol–water partition coefficient (Wildman–Crippen LogP) is 2.06. The molecular formula is C12H9BrN4O3. The van der Waals surface area contributed by atoms with Crippen molar-refractivity contribution >= 4 is 33.3 Å². The summed E-state index contributed by atoms with van der Waals surface area (Å²) in [6.45, 7) is 0. The van der Waals surface area contributed by atoms with E-state index < -0.39 is 5.97 Å². The summed E-state index contributed by atoms with van der Waals surface area (Å²) < 4.78 is 10.2. The number of rotatable bonds is 4. The number of ether oxygens (including phenoxy) is 2. The van der Waals surface area contributed by atoms with Crippen LogP contribution in [0.5, 0.6) is 5.75 Å². The molecule has 0 atom stereocenters. The Morgan fingerprint density at radius 2 is 2.00 bits per heavy atom. The average molecular weight is 337 g/mol. The molecule has 0 aliphatic rings. The molecule has 0 spiro atoms. The van der Waals surface area contributed by atoms with E-state index in [1.165, 1.54) is 20.3 Å². The van der Waals surface area contributed by atoms with Crippen molar-refractivity contribution in [3.63, 3.8) is 0 Å². The number of carbonyl (C=O) groups is 1. The minimum Gasteiger partial charge on any atom is -0.497 e. The molecular weight excluding hydrogens is 328 g/mol. The molecule has 0 radical (unpaired) electrons. The van der Waals surface area contributed by atoms with E-state index in [2.05, 4.69) is 31.2 Å². The number of hydrogen-bond acceptors (Lipinski definition) is 7. The number of anilines is 1. The Labute approximate surface area is 123 Å². The van der Waals surface area contributed by atoms with E-state index >= 15 is 0 Å². The van der Waals surface area contributed by atoms with Gasteiger partial charge in [-0.25, -0.2) is 4.79 Å². The number of halogens is 1. The lowest BCUT2D eigenvalue weighted by molar-refractivity contribution is 0.0601. The van der Waals surface area contributed by atoms with Gasteiger partial charge in [0.25, 0.3) is 0 Å². The summed E-state index contributed by atoms with van der Waals surface area (Å²) in [6.07, 6.45) is 0. The Kier molecular flexibility index (Phi) is 5.51. The number of hydrogen-bond donors (Lipinski definition) is 1. The van der Waals surface area contributed by atoms with Gasteiger partial charge in [-0.3, -0.25) is 5.43 Å². The van der Waals surface area contributed by atoms with Gasteiger partial charge >= 0.3 is 5.97 Å². The highest BCUT2D eigenvalue weighted by molar-refractivity contribution is 9.10. The van der Waals surface area contributed by atoms with Crippen LogP contribution in [0.4, 0.5) is 5.69 Å². The summed E-state index contributed by atoms with van der Waals surface area (Å²) in [5, 5.41) is 20.8. The van der Waals surface area contributed by atoms with Gasteiger partial charge in [0.05, 0.1) is 25.5 Å². The molecule has 0 aromatic heterocycles. The largest absolute Gasteiger partial charge is 0.497 e. The monoisotopic (exact) mass is 336 g/mol. The summed E-state index contributed by atoms with van der Waals surface area (Å²) in [5.41, 5.74) is 2.53. The molecule has 0 amide bonds. The van der Waals surface area contributed by atoms with Crippen LogP contribution in [-0.2, 0) is 4.74 Å². The van der Waals surface area contributed by atoms with Crippen LogP contribution in [0.2, 0.25) is 0 Å². The van der Waals surface area contributed by atoms with Crippen LogP contribution in [0.25, 0.3) is 0 Å². The van der Waals surface area contributed by atoms with E-state index in [0.717, 1.165) is 0 Å². The Bertz CT molecular complexity index is 627. The Balaban J connectivity index is 3.31. The maximum absolute atomic E-state index is 11.7. The van der Waals surface area contributed by atoms with Crippen LogP contribution in [0, 0.1) is 22.7 Å². The van der Waals surface area contributed by atoms with Gasteiger partial charge < -0.3 is 9.47 Å². The van der Waals surface area contributed by atoms with Crippen LogP contribution >= 0.6 is 15.9 Å². The fourth-order valence-corrected chi connectivity index (χ4v) is 1.80. The number of nitrogens with zero attached hydrogens (tertiary/aromatic N) is 3. The maximum Gasteiger partial charge on any atom is 0.340 e. The van der Waals surface area contributed by atoms with Crippen LogP contribution in [0.1, 0.15) is 10.4 Å². The summed E-state index contributed by atoms with van der Waals surface area (Å²) in [4.78, 5) is 11.7. The molecule has 20 heavy (non-hydrogen) atoms. The normalized spacial score (nSPS) is 8.85. The smallest absolute Gasteiger partial charge is 0.340 e. The molecule has 0 saturated heterocycles. The lowest BCUT2D eigenvalue weighted by Gasteiger charge is -2.11. The molecule has 0 heterocycles. The predicted molar refractivity (Wildman–Crippen MR) is 74.3 cm³/mol. The summed E-state index contributed by atoms with van der Waals surface area (Å²) in [7, 11) is 2.69. The van der Waals surface area contributed by atoms with Crippen molar-refractivity contribution in [1.29, 1.82) is 10.5 Å². The van der Waals surface area contributed by atoms with E-state index in [1.54, 1.807) is 18.2 Å². The molecule has 1 N–H and O–H groups in total. The second-order valence-electron chi connectivity index (χ2n) is 3.32. The third-order valence-electron chi connectivity index (χ3n) is 2.20. The fourth-order valence-electron chi connectivity index (χ4n) is 1.27. The van der Waals surface area contributed by atoms with Gasteiger partial charge in [-0.05, 0) is 28.1 Å². The lowest BCUT2D eigenvalue weighted by Crippen LogP contribution is -2.08. The molecule has 102 valence electrons. The highest BCUT2D eigenvalue weighted by atomic mass is 79.9. The van der Waals surface area contributed by atoms with Crippen LogP contribution in [0.3, 0.4) is 0 Å². The lowest BCUT2D eigenvalue weighted by atomic mass is 10.1. The van der Waals surface area contributed by atoms with Crippen molar-refractivity contribution in [1.82, 2.24) is 0 Å². The van der Waals surface area contributed by atoms with Crippen molar-refractivity contribution in [3.8, 4) is 17.9 Å². The minimum absolute atomic E-state index is 0.151. The summed E-state index contributed by atoms with van der Waals surface area (Å²) >= 11 is 3.24. The SMILES string of the molecule is COC(=O)c1cc(OC)cc(Br)c1NN=C(C#N)C#N. The zero-order valence-corrected chi connectivity index (χ0v) is 12.2. The van der Waals surface area contributed by atoms with Gasteiger partial charge in [-0.2, -0.15) is 15.6 Å². The van der Waals surface area contributed by atoms with Gasteiger partial charge in [0.1, 0.15) is 17.9 Å². The molecule has 0 aliphatic heterocycles. The highest BCUT2D eigenvalue weighted by Crippen LogP contribution is 2.32. The zero-order chi connectivity index (χ0) is 15.1. The van der Waals surface area contributed by atoms with Crippen LogP contribution < -0.4 is 10.2 Å². The molecule has 7 nitrogen and oxygen atoms in total. The first-order valence-electron chi connectivity index (χ1n) is 5.17. The molecule has 1 rings (SSSR count). The Hall–Kier alpha value is -2.58. The van der Waals surface area contributed by atoms with Crippen molar-refractivity contribution in [2.24, 2.45) is 5.10 Å². The second kappa shape index (κ2) is 7.12. The number of esters is 1. The zero-order valence-electron chi connectivity index (χ0n) is 10.6. The molecule has 0 unspecified atom stereocenters. The van der Waals surface area contributed by atoms with Crippen molar-refractivity contribution < 1.29 is 14.3 Å². The van der Waals surface area contributed by atoms with Crippen LogP contribution in [0.15, 0.2) is 21.7 Å². The summed E-state index contributed by atoms with van der Waals surface area (Å²) in [5.74, 6) is -0.176. The van der Waals surface area contributed by atoms with Crippen LogP contribution in [-0.4, -0.2) is 25.9 Å². The quantitative estimate of drug-likeness (QED) is 0.512. The number of hydrazone groups is 1. The first kappa shape index (κ1) is 15.5. The Morgan fingerprint density at radius 3 is 2.50 bits per heavy atom. The molecule has 0 saturated carbocycles. The molecule has 0 bridgehead atoms. The van der Waals surface area contributed by atoms with Gasteiger partial charge in [0.2, 0.25) is 5.71 Å². The minimum atomic E-state index is -0.613. The van der Waals surface area contributed by atoms with E-state index in [1.807, 2.05) is 0 Å². The molecule has 8 heteroatoms. The fraction of sp³-hybridized carbons (Fsp3) is 0.167. The second-order valence-corrected chi connectivity index (χ2v) is 4.17. The standard InChI is InChI=1S/C12H9BrN4O3/c1-19-8-3-9(12(18)20-2)11(10(13)4-8)17-16-7(5-14)6-15/h3-4,17H,1-2H3. The van der Waals surface area contributed by atoms with Crippen molar-refractivity contribution in [3.05, 3.63) is 22.2 Å². The van der Waals surface area contributed by atoms with Gasteiger partial charge in [0.15, 0.2) is 0 Å². The molecule has 1 aromatic carbocycles. The number of nitriles is 2. The number of nitrogens with one attached hydrogen (secondary N) is 1. The molecule has 0 aliphatic carbocycles. The van der Waals surface area contributed by atoms with Crippen molar-refractivity contribution in [2.75, 3.05) is 19.6 Å². The van der Waals surface area contributed by atoms with E-state index in [0.29, 0.717) is 10.2 Å². The first-order chi connectivity index (χ1) is 9.57. The van der Waals surface area contributed by atoms with E-state index in [9.17, 15) is 4.79 Å². The summed E-state index contributed by atoms with van der Waals surface area (Å²) in [6, 6.07) is 6.24. The number of methoxy groups -OCH3 is 2. The Morgan fingerprint density at radius 1 is 1.35 bits per heavy atom. The third-order valence-corrected chi connectivity index (χ3v) is 2.82. The molecule has 0 fully saturated rings. The van der Waals surface area contributed by atoms with Gasteiger partial charge in [0, 0.05) is 4.47 Å². The number of benzene rings is 1. The average Bonchev–Trinajstić information content (AvgIpc) is 2.48. The first-order valence-corrected chi connectivity index (χ1v) is 5.96. The van der Waals surface area contributed by atoms with Gasteiger partial charge in [-0.1, -0.05) is 0 Å². The topological polar surface area (TPSA) is 108 Å². The van der Waals surface area contributed by atoms with E-state index in [-0.39, 0.29) is 17.0 Å². The van der Waals surface area contributed by atoms with Crippen molar-refractivity contribution in [2.45, 2.75) is 0 Å². The third kappa shape index (κ3) is 3.46. The molecule has 1 aromatic rings. The van der Waals surface area contributed by atoms with Gasteiger partial charge in [-0.15, -0.1) is 0 Å². The van der Waals surface area contributed by atoms with E-state index in [4.69, 9.17) is 15.3 Å². The number of carbonyl (C=O) groups excluding carboxylic acids is 1.